The first-order chi connectivity index (χ1) is 8.06. The molecule has 0 bridgehead atoms. The third-order valence-corrected chi connectivity index (χ3v) is 1.91. The minimum absolute atomic E-state index is 0. The lowest BCUT2D eigenvalue weighted by molar-refractivity contribution is -0.157. The topological polar surface area (TPSA) is 100 Å². The Kier molecular flexibility index (Phi) is 7.24. The van der Waals surface area contributed by atoms with Crippen LogP contribution in [0.2, 0.25) is 0 Å². The number of amides is 1. The summed E-state index contributed by atoms with van der Waals surface area (Å²) in [6, 6.07) is 0. The lowest BCUT2D eigenvalue weighted by Crippen LogP contribution is -2.51. The van der Waals surface area contributed by atoms with Crippen molar-refractivity contribution in [2.45, 2.75) is 6.92 Å². The Bertz CT molecular complexity index is 372. The van der Waals surface area contributed by atoms with Crippen molar-refractivity contribution in [1.82, 2.24) is 15.8 Å². The van der Waals surface area contributed by atoms with Crippen molar-refractivity contribution in [3.8, 4) is 0 Å². The van der Waals surface area contributed by atoms with Crippen molar-refractivity contribution in [2.24, 2.45) is 4.99 Å². The van der Waals surface area contributed by atoms with Gasteiger partial charge in [0.25, 0.3) is 0 Å². The summed E-state index contributed by atoms with van der Waals surface area (Å²) in [6.45, 7) is 2.86. The van der Waals surface area contributed by atoms with Gasteiger partial charge in [-0.2, -0.15) is 0 Å². The van der Waals surface area contributed by atoms with E-state index in [1.807, 2.05) is 0 Å². The van der Waals surface area contributed by atoms with Crippen LogP contribution >= 0.6 is 24.0 Å². The Morgan fingerprint density at radius 3 is 2.67 bits per heavy atom. The molecule has 0 aliphatic carbocycles. The third kappa shape index (κ3) is 4.47. The molecule has 102 valence electrons. The van der Waals surface area contributed by atoms with E-state index in [9.17, 15) is 14.4 Å². The Morgan fingerprint density at radius 1 is 1.50 bits per heavy atom. The number of Topliss-reactive ketones (excluding diaryl/α,β-unsaturated/α-hetero) is 1. The molecule has 0 radical (unpaired) electrons. The number of ether oxygens (including phenoxy) is 1. The third-order valence-electron chi connectivity index (χ3n) is 1.91. The molecule has 0 aromatic carbocycles. The number of hydrogen-bond acceptors (Lipinski definition) is 7. The first-order valence-corrected chi connectivity index (χ1v) is 5.10. The van der Waals surface area contributed by atoms with Crippen molar-refractivity contribution in [1.29, 1.82) is 0 Å². The number of aliphatic imine (C=N–C) groups is 1. The number of esters is 1. The summed E-state index contributed by atoms with van der Waals surface area (Å²) in [7, 11) is 1.51. The van der Waals surface area contributed by atoms with Gasteiger partial charge in [-0.15, -0.1) is 24.0 Å². The second kappa shape index (κ2) is 7.84. The Morgan fingerprint density at radius 2 is 2.17 bits per heavy atom. The van der Waals surface area contributed by atoms with Gasteiger partial charge in [0.1, 0.15) is 0 Å². The molecule has 1 aliphatic rings. The lowest BCUT2D eigenvalue weighted by atomic mass is 10.4. The second-order valence-electron chi connectivity index (χ2n) is 3.18. The molecule has 0 saturated carbocycles. The fourth-order valence-electron chi connectivity index (χ4n) is 1.16. The van der Waals surface area contributed by atoms with E-state index < -0.39 is 17.7 Å². The quantitative estimate of drug-likeness (QED) is 0.210. The van der Waals surface area contributed by atoms with Crippen LogP contribution in [-0.2, 0) is 19.1 Å². The molecule has 0 aromatic rings. The lowest BCUT2D eigenvalue weighted by Gasteiger charge is -2.18. The van der Waals surface area contributed by atoms with Gasteiger partial charge in [-0.1, -0.05) is 0 Å². The standard InChI is InChI=1S/C9H14N4O4.HI/c1-3-17-8(16)6(14)7(15)12-13(2)9-10-4-5-11-9;/h3-5H2,1-2H3,(H,10,11)(H,12,15);1H. The summed E-state index contributed by atoms with van der Waals surface area (Å²) in [5.74, 6) is -3.02. The minimum atomic E-state index is -1.24. The molecule has 18 heavy (non-hydrogen) atoms. The maximum Gasteiger partial charge on any atom is 0.385 e. The first-order valence-electron chi connectivity index (χ1n) is 5.10. The monoisotopic (exact) mass is 370 g/mol. The van der Waals surface area contributed by atoms with Gasteiger partial charge in [0.2, 0.25) is 5.96 Å². The summed E-state index contributed by atoms with van der Waals surface area (Å²) >= 11 is 0. The molecule has 1 rings (SSSR count). The van der Waals surface area contributed by atoms with Gasteiger partial charge in [0.05, 0.1) is 13.2 Å². The number of guanidine groups is 1. The highest BCUT2D eigenvalue weighted by atomic mass is 127. The van der Waals surface area contributed by atoms with Gasteiger partial charge in [-0.25, -0.2) is 9.79 Å². The van der Waals surface area contributed by atoms with Crippen LogP contribution in [0.1, 0.15) is 6.92 Å². The number of carbonyl (C=O) groups excluding carboxylic acids is 3. The summed E-state index contributed by atoms with van der Waals surface area (Å²) in [6.07, 6.45) is 0. The van der Waals surface area contributed by atoms with Crippen LogP contribution in [0, 0.1) is 0 Å². The normalized spacial score (nSPS) is 12.7. The van der Waals surface area contributed by atoms with E-state index in [0.717, 1.165) is 0 Å². The highest BCUT2D eigenvalue weighted by Gasteiger charge is 2.26. The number of nitrogens with zero attached hydrogens (tertiary/aromatic N) is 2. The van der Waals surface area contributed by atoms with E-state index in [4.69, 9.17) is 0 Å². The number of nitrogens with one attached hydrogen (secondary N) is 2. The summed E-state index contributed by atoms with van der Waals surface area (Å²) < 4.78 is 4.42. The molecular formula is C9H15IN4O4. The number of hydrogen-bond donors (Lipinski definition) is 2. The van der Waals surface area contributed by atoms with Gasteiger partial charge in [0.15, 0.2) is 0 Å². The van der Waals surface area contributed by atoms with Crippen molar-refractivity contribution in [2.75, 3.05) is 26.7 Å². The van der Waals surface area contributed by atoms with Gasteiger partial charge in [-0.3, -0.25) is 20.0 Å². The van der Waals surface area contributed by atoms with Crippen LogP contribution in [0.5, 0.6) is 0 Å². The zero-order chi connectivity index (χ0) is 12.8. The molecule has 1 amide bonds. The molecule has 2 N–H and O–H groups in total. The zero-order valence-corrected chi connectivity index (χ0v) is 12.4. The van der Waals surface area contributed by atoms with Crippen molar-refractivity contribution in [3.05, 3.63) is 0 Å². The number of hydrazine groups is 1. The van der Waals surface area contributed by atoms with Crippen LogP contribution in [0.15, 0.2) is 4.99 Å². The van der Waals surface area contributed by atoms with Crippen LogP contribution < -0.4 is 10.7 Å². The number of halogens is 1. The molecule has 1 heterocycles. The van der Waals surface area contributed by atoms with Crippen LogP contribution in [-0.4, -0.2) is 55.4 Å². The van der Waals surface area contributed by atoms with E-state index in [1.54, 1.807) is 6.92 Å². The fourth-order valence-corrected chi connectivity index (χ4v) is 1.16. The maximum atomic E-state index is 11.3. The summed E-state index contributed by atoms with van der Waals surface area (Å²) in [5, 5.41) is 4.13. The maximum absolute atomic E-state index is 11.3. The smallest absolute Gasteiger partial charge is 0.385 e. The highest BCUT2D eigenvalue weighted by Crippen LogP contribution is 1.89. The molecule has 0 spiro atoms. The average molecular weight is 370 g/mol. The van der Waals surface area contributed by atoms with Gasteiger partial charge < -0.3 is 10.1 Å². The van der Waals surface area contributed by atoms with Crippen molar-refractivity contribution >= 4 is 47.6 Å². The largest absolute Gasteiger partial charge is 0.460 e. The van der Waals surface area contributed by atoms with Crippen LogP contribution in [0.25, 0.3) is 0 Å². The molecule has 9 heteroatoms. The zero-order valence-electron chi connectivity index (χ0n) is 10.1. The highest BCUT2D eigenvalue weighted by molar-refractivity contribution is 14.0. The van der Waals surface area contributed by atoms with Gasteiger partial charge >= 0.3 is 17.7 Å². The van der Waals surface area contributed by atoms with Crippen LogP contribution in [0.3, 0.4) is 0 Å². The van der Waals surface area contributed by atoms with Gasteiger partial charge in [0, 0.05) is 13.6 Å². The molecule has 0 fully saturated rings. The molecule has 8 nitrogen and oxygen atoms in total. The average Bonchev–Trinajstić information content (AvgIpc) is 2.81. The number of ketones is 1. The minimum Gasteiger partial charge on any atom is -0.460 e. The molecule has 0 aromatic heterocycles. The summed E-state index contributed by atoms with van der Waals surface area (Å²) in [4.78, 5) is 37.6. The van der Waals surface area contributed by atoms with Crippen molar-refractivity contribution in [3.63, 3.8) is 0 Å². The molecular weight excluding hydrogens is 355 g/mol. The predicted molar refractivity (Wildman–Crippen MR) is 73.3 cm³/mol. The Balaban J connectivity index is 0.00000289. The van der Waals surface area contributed by atoms with E-state index in [2.05, 4.69) is 20.5 Å². The predicted octanol–water partition coefficient (Wildman–Crippen LogP) is -1.34. The molecule has 0 atom stereocenters. The van der Waals surface area contributed by atoms with E-state index in [0.29, 0.717) is 19.0 Å². The first kappa shape index (κ1) is 16.6. The van der Waals surface area contributed by atoms with Crippen LogP contribution in [0.4, 0.5) is 0 Å². The van der Waals surface area contributed by atoms with E-state index in [1.165, 1.54) is 12.1 Å². The molecule has 1 aliphatic heterocycles. The Labute approximate surface area is 121 Å². The molecule has 0 saturated heterocycles. The summed E-state index contributed by atoms with van der Waals surface area (Å²) in [5.41, 5.74) is 2.21. The van der Waals surface area contributed by atoms with E-state index in [-0.39, 0.29) is 30.6 Å². The fraction of sp³-hybridized carbons (Fsp3) is 0.556. The van der Waals surface area contributed by atoms with E-state index >= 15 is 0 Å². The molecule has 0 unspecified atom stereocenters. The number of rotatable bonds is 3. The van der Waals surface area contributed by atoms with Gasteiger partial charge in [-0.05, 0) is 6.92 Å². The van der Waals surface area contributed by atoms with Crippen molar-refractivity contribution < 1.29 is 19.1 Å². The number of carbonyl (C=O) groups is 3. The second-order valence-corrected chi connectivity index (χ2v) is 3.18. The Hall–Kier alpha value is -1.39. The SMILES string of the molecule is CCOC(=O)C(=O)C(=O)NN(C)C1=NCCN1.I.